The lowest BCUT2D eigenvalue weighted by molar-refractivity contribution is -0.384. The minimum absolute atomic E-state index is 0.0858. The van der Waals surface area contributed by atoms with E-state index in [1.165, 1.54) is 30.3 Å². The summed E-state index contributed by atoms with van der Waals surface area (Å²) in [6, 6.07) is 12.2. The Morgan fingerprint density at radius 1 is 0.968 bits per heavy atom. The van der Waals surface area contributed by atoms with E-state index in [0.29, 0.717) is 38.3 Å². The molecule has 0 aliphatic carbocycles. The van der Waals surface area contributed by atoms with Crippen molar-refractivity contribution in [2.75, 3.05) is 26.2 Å². The Hall–Kier alpha value is -3.86. The minimum Gasteiger partial charge on any atom is -0.473 e. The third-order valence-corrected chi connectivity index (χ3v) is 4.46. The Kier molecular flexibility index (Phi) is 8.15. The molecule has 0 radical (unpaired) electrons. The van der Waals surface area contributed by atoms with Gasteiger partial charge in [-0.3, -0.25) is 19.8 Å². The second-order valence-corrected chi connectivity index (χ2v) is 6.61. The number of non-ortho nitro benzene ring substituents is 1. The van der Waals surface area contributed by atoms with Crippen LogP contribution in [0.5, 0.6) is 0 Å². The molecule has 1 saturated heterocycles. The zero-order chi connectivity index (χ0) is 23.0. The van der Waals surface area contributed by atoms with Gasteiger partial charge in [0.25, 0.3) is 11.6 Å². The molecule has 10 nitrogen and oxygen atoms in total. The standard InChI is InChI=1S/C18H18FN3O3.C2H2O4/c19-16-6-4-15(5-7-16)18(23)21-10-8-20(9-11-21)13-14-2-1-3-17(12-14)22(24)25;3-1(4)2(5)6/h1-7,12H,8-11,13H2;(H,3,4)(H,5,6). The van der Waals surface area contributed by atoms with E-state index in [4.69, 9.17) is 19.8 Å². The Bertz CT molecular complexity index is 946. The molecule has 0 aromatic heterocycles. The first-order valence-corrected chi connectivity index (χ1v) is 9.14. The topological polar surface area (TPSA) is 141 Å². The van der Waals surface area contributed by atoms with Crippen molar-refractivity contribution in [3.05, 3.63) is 75.6 Å². The maximum Gasteiger partial charge on any atom is 0.414 e. The van der Waals surface area contributed by atoms with Crippen molar-refractivity contribution >= 4 is 23.5 Å². The van der Waals surface area contributed by atoms with E-state index in [0.717, 1.165) is 5.56 Å². The summed E-state index contributed by atoms with van der Waals surface area (Å²) in [5, 5.41) is 25.6. The van der Waals surface area contributed by atoms with Gasteiger partial charge in [0, 0.05) is 50.4 Å². The van der Waals surface area contributed by atoms with Gasteiger partial charge in [-0.2, -0.15) is 0 Å². The van der Waals surface area contributed by atoms with Gasteiger partial charge in [0.1, 0.15) is 5.82 Å². The molecule has 0 atom stereocenters. The Labute approximate surface area is 176 Å². The summed E-state index contributed by atoms with van der Waals surface area (Å²) in [5.74, 6) is -4.11. The molecule has 2 aromatic rings. The van der Waals surface area contributed by atoms with Gasteiger partial charge in [-0.1, -0.05) is 12.1 Å². The number of carboxylic acids is 2. The zero-order valence-corrected chi connectivity index (χ0v) is 16.3. The maximum atomic E-state index is 13.0. The predicted molar refractivity (Wildman–Crippen MR) is 106 cm³/mol. The summed E-state index contributed by atoms with van der Waals surface area (Å²) in [5.41, 5.74) is 1.45. The van der Waals surface area contributed by atoms with Crippen LogP contribution in [-0.2, 0) is 16.1 Å². The van der Waals surface area contributed by atoms with Crippen LogP contribution in [0.2, 0.25) is 0 Å². The van der Waals surface area contributed by atoms with E-state index in [1.54, 1.807) is 17.0 Å². The lowest BCUT2D eigenvalue weighted by atomic mass is 10.1. The van der Waals surface area contributed by atoms with Gasteiger partial charge in [0.15, 0.2) is 0 Å². The smallest absolute Gasteiger partial charge is 0.414 e. The number of nitro benzene ring substituents is 1. The van der Waals surface area contributed by atoms with Crippen LogP contribution in [-0.4, -0.2) is 69.0 Å². The van der Waals surface area contributed by atoms with Crippen LogP contribution in [0.25, 0.3) is 0 Å². The molecule has 0 unspecified atom stereocenters. The molecule has 1 fully saturated rings. The first kappa shape index (κ1) is 23.4. The van der Waals surface area contributed by atoms with Crippen molar-refractivity contribution < 1.29 is 33.9 Å². The van der Waals surface area contributed by atoms with Crippen LogP contribution in [0.15, 0.2) is 48.5 Å². The molecule has 11 heteroatoms. The van der Waals surface area contributed by atoms with E-state index < -0.39 is 16.9 Å². The molecule has 3 rings (SSSR count). The number of hydrogen-bond donors (Lipinski definition) is 2. The largest absolute Gasteiger partial charge is 0.473 e. The lowest BCUT2D eigenvalue weighted by Gasteiger charge is -2.34. The van der Waals surface area contributed by atoms with Crippen LogP contribution in [0.3, 0.4) is 0 Å². The summed E-state index contributed by atoms with van der Waals surface area (Å²) in [4.78, 5) is 45.0. The highest BCUT2D eigenvalue weighted by atomic mass is 19.1. The molecule has 2 aromatic carbocycles. The molecule has 0 saturated carbocycles. The third-order valence-electron chi connectivity index (χ3n) is 4.46. The summed E-state index contributed by atoms with van der Waals surface area (Å²) in [7, 11) is 0. The molecule has 1 amide bonds. The van der Waals surface area contributed by atoms with Crippen molar-refractivity contribution in [1.29, 1.82) is 0 Å². The highest BCUT2D eigenvalue weighted by Crippen LogP contribution is 2.16. The Morgan fingerprint density at radius 2 is 1.55 bits per heavy atom. The van der Waals surface area contributed by atoms with E-state index in [-0.39, 0.29) is 17.4 Å². The highest BCUT2D eigenvalue weighted by molar-refractivity contribution is 6.27. The van der Waals surface area contributed by atoms with Gasteiger partial charge in [-0.05, 0) is 29.8 Å². The van der Waals surface area contributed by atoms with Crippen molar-refractivity contribution in [3.8, 4) is 0 Å². The molecule has 1 aliphatic rings. The van der Waals surface area contributed by atoms with E-state index in [2.05, 4.69) is 4.90 Å². The quantitative estimate of drug-likeness (QED) is 0.423. The first-order chi connectivity index (χ1) is 14.7. The molecular weight excluding hydrogens is 413 g/mol. The van der Waals surface area contributed by atoms with Gasteiger partial charge in [-0.15, -0.1) is 0 Å². The minimum atomic E-state index is -1.82. The van der Waals surface area contributed by atoms with Gasteiger partial charge in [0.05, 0.1) is 4.92 Å². The SMILES string of the molecule is O=C(O)C(=O)O.O=C(c1ccc(F)cc1)N1CCN(Cc2cccc([N+](=O)[O-])c2)CC1. The number of carbonyl (C=O) groups excluding carboxylic acids is 1. The number of hydrogen-bond acceptors (Lipinski definition) is 6. The number of nitro groups is 1. The summed E-state index contributed by atoms with van der Waals surface area (Å²) in [6.45, 7) is 3.14. The second kappa shape index (κ2) is 10.8. The van der Waals surface area contributed by atoms with Crippen molar-refractivity contribution in [2.24, 2.45) is 0 Å². The van der Waals surface area contributed by atoms with Crippen LogP contribution in [0, 0.1) is 15.9 Å². The molecular formula is C20H20FN3O7. The number of rotatable bonds is 4. The second-order valence-electron chi connectivity index (χ2n) is 6.61. The first-order valence-electron chi connectivity index (χ1n) is 9.14. The molecule has 0 bridgehead atoms. The van der Waals surface area contributed by atoms with E-state index in [9.17, 15) is 19.3 Å². The van der Waals surface area contributed by atoms with Gasteiger partial charge in [-0.25, -0.2) is 14.0 Å². The maximum absolute atomic E-state index is 13.0. The van der Waals surface area contributed by atoms with E-state index >= 15 is 0 Å². The fourth-order valence-corrected chi connectivity index (χ4v) is 2.91. The summed E-state index contributed by atoms with van der Waals surface area (Å²) < 4.78 is 13.0. The number of aliphatic carboxylic acids is 2. The molecule has 0 spiro atoms. The average Bonchev–Trinajstić information content (AvgIpc) is 2.75. The fourth-order valence-electron chi connectivity index (χ4n) is 2.91. The monoisotopic (exact) mass is 433 g/mol. The number of piperazine rings is 1. The van der Waals surface area contributed by atoms with Crippen molar-refractivity contribution in [3.63, 3.8) is 0 Å². The fraction of sp³-hybridized carbons (Fsp3) is 0.250. The number of carbonyl (C=O) groups is 3. The molecule has 164 valence electrons. The predicted octanol–water partition coefficient (Wildman–Crippen LogP) is 1.85. The van der Waals surface area contributed by atoms with E-state index in [1.807, 2.05) is 6.07 Å². The zero-order valence-electron chi connectivity index (χ0n) is 16.3. The van der Waals surface area contributed by atoms with Gasteiger partial charge in [0.2, 0.25) is 0 Å². The van der Waals surface area contributed by atoms with Gasteiger partial charge >= 0.3 is 11.9 Å². The summed E-state index contributed by atoms with van der Waals surface area (Å²) >= 11 is 0. The number of carboxylic acid groups (broad SMARTS) is 2. The summed E-state index contributed by atoms with van der Waals surface area (Å²) in [6.07, 6.45) is 0. The molecule has 1 heterocycles. The number of benzene rings is 2. The number of amides is 1. The Morgan fingerprint density at radius 3 is 2.06 bits per heavy atom. The van der Waals surface area contributed by atoms with Crippen LogP contribution >= 0.6 is 0 Å². The molecule has 1 aliphatic heterocycles. The van der Waals surface area contributed by atoms with Crippen molar-refractivity contribution in [1.82, 2.24) is 9.80 Å². The van der Waals surface area contributed by atoms with Crippen LogP contribution in [0.4, 0.5) is 10.1 Å². The van der Waals surface area contributed by atoms with Crippen LogP contribution in [0.1, 0.15) is 15.9 Å². The molecule has 2 N–H and O–H groups in total. The lowest BCUT2D eigenvalue weighted by Crippen LogP contribution is -2.48. The Balaban J connectivity index is 0.000000501. The number of halogens is 1. The third kappa shape index (κ3) is 7.16. The van der Waals surface area contributed by atoms with Crippen molar-refractivity contribution in [2.45, 2.75) is 6.54 Å². The number of nitrogens with zero attached hydrogens (tertiary/aromatic N) is 3. The normalized spacial score (nSPS) is 13.6. The van der Waals surface area contributed by atoms with Gasteiger partial charge < -0.3 is 15.1 Å². The highest BCUT2D eigenvalue weighted by Gasteiger charge is 2.22. The van der Waals surface area contributed by atoms with Crippen LogP contribution < -0.4 is 0 Å². The molecule has 31 heavy (non-hydrogen) atoms. The average molecular weight is 433 g/mol.